The summed E-state index contributed by atoms with van der Waals surface area (Å²) in [6, 6.07) is 5.96. The van der Waals surface area contributed by atoms with E-state index in [0.29, 0.717) is 13.1 Å². The number of nitrogens with one attached hydrogen (secondary N) is 1. The lowest BCUT2D eigenvalue weighted by Gasteiger charge is -2.07. The first kappa shape index (κ1) is 12.9. The second-order valence-electron chi connectivity index (χ2n) is 4.70. The van der Waals surface area contributed by atoms with Crippen LogP contribution < -0.4 is 11.0 Å². The van der Waals surface area contributed by atoms with Crippen molar-refractivity contribution in [1.82, 2.24) is 14.5 Å². The van der Waals surface area contributed by atoms with Gasteiger partial charge in [0.05, 0.1) is 17.1 Å². The fraction of sp³-hybridized carbons (Fsp3) is 0.462. The Balaban J connectivity index is 2.27. The monoisotopic (exact) mass is 249 g/mol. The second kappa shape index (κ2) is 4.96. The summed E-state index contributed by atoms with van der Waals surface area (Å²) in [5.74, 6) is 0. The molecule has 1 aromatic carbocycles. The number of hydrogen-bond acceptors (Lipinski definition) is 3. The van der Waals surface area contributed by atoms with E-state index in [0.717, 1.165) is 16.6 Å². The number of aromatic nitrogens is 2. The summed E-state index contributed by atoms with van der Waals surface area (Å²) in [6.45, 7) is 2.99. The van der Waals surface area contributed by atoms with Gasteiger partial charge in [-0.2, -0.15) is 0 Å². The standard InChI is InChI=1S/C13H19N3O2/c1-9(17)7-14-8-10-4-5-11-12(6-10)16(3)13(18)15(11)2/h4-6,9,14,17H,7-8H2,1-3H3/t9-/m1/s1. The van der Waals surface area contributed by atoms with Crippen LogP contribution >= 0.6 is 0 Å². The molecule has 0 amide bonds. The lowest BCUT2D eigenvalue weighted by atomic mass is 10.2. The van der Waals surface area contributed by atoms with E-state index in [1.165, 1.54) is 0 Å². The van der Waals surface area contributed by atoms with Gasteiger partial charge in [0.2, 0.25) is 0 Å². The second-order valence-corrected chi connectivity index (χ2v) is 4.70. The highest BCUT2D eigenvalue weighted by atomic mass is 16.3. The van der Waals surface area contributed by atoms with Crippen LogP contribution in [0.2, 0.25) is 0 Å². The zero-order valence-electron chi connectivity index (χ0n) is 11.0. The predicted octanol–water partition coefficient (Wildman–Crippen LogP) is 0.347. The van der Waals surface area contributed by atoms with Crippen LogP contribution in [0.1, 0.15) is 12.5 Å². The molecule has 0 unspecified atom stereocenters. The van der Waals surface area contributed by atoms with Gasteiger partial charge >= 0.3 is 5.69 Å². The first-order chi connectivity index (χ1) is 8.50. The van der Waals surface area contributed by atoms with Crippen LogP contribution in [0.5, 0.6) is 0 Å². The van der Waals surface area contributed by atoms with E-state index in [1.807, 2.05) is 18.2 Å². The number of hydrogen-bond donors (Lipinski definition) is 2. The van der Waals surface area contributed by atoms with E-state index in [-0.39, 0.29) is 11.8 Å². The molecule has 1 aromatic heterocycles. The van der Waals surface area contributed by atoms with Gasteiger partial charge in [0, 0.05) is 27.2 Å². The number of aryl methyl sites for hydroxylation is 2. The first-order valence-electron chi connectivity index (χ1n) is 6.04. The van der Waals surface area contributed by atoms with Crippen molar-refractivity contribution < 1.29 is 5.11 Å². The molecule has 0 aliphatic heterocycles. The van der Waals surface area contributed by atoms with Crippen molar-refractivity contribution in [3.05, 3.63) is 34.2 Å². The normalized spacial score (nSPS) is 13.1. The van der Waals surface area contributed by atoms with Crippen LogP contribution in [-0.2, 0) is 20.6 Å². The molecule has 0 bridgehead atoms. The number of rotatable bonds is 4. The number of fused-ring (bicyclic) bond motifs is 1. The van der Waals surface area contributed by atoms with Crippen molar-refractivity contribution in [2.24, 2.45) is 14.1 Å². The Bertz CT molecular complexity index is 610. The Morgan fingerprint density at radius 1 is 1.28 bits per heavy atom. The average Bonchev–Trinajstić information content (AvgIpc) is 2.54. The minimum atomic E-state index is -0.352. The molecule has 1 heterocycles. The Morgan fingerprint density at radius 3 is 2.61 bits per heavy atom. The van der Waals surface area contributed by atoms with Gasteiger partial charge in [-0.05, 0) is 24.6 Å². The van der Waals surface area contributed by atoms with Gasteiger partial charge in [-0.25, -0.2) is 4.79 Å². The van der Waals surface area contributed by atoms with Crippen LogP contribution in [0.3, 0.4) is 0 Å². The fourth-order valence-electron chi connectivity index (χ4n) is 2.09. The highest BCUT2D eigenvalue weighted by Gasteiger charge is 2.07. The number of aliphatic hydroxyl groups excluding tert-OH is 1. The largest absolute Gasteiger partial charge is 0.392 e. The lowest BCUT2D eigenvalue weighted by Crippen LogP contribution is -2.23. The van der Waals surface area contributed by atoms with Crippen molar-refractivity contribution in [2.75, 3.05) is 6.54 Å². The molecule has 0 saturated heterocycles. The van der Waals surface area contributed by atoms with Gasteiger partial charge in [0.25, 0.3) is 0 Å². The third kappa shape index (κ3) is 2.32. The van der Waals surface area contributed by atoms with E-state index in [1.54, 1.807) is 30.2 Å². The van der Waals surface area contributed by atoms with Crippen molar-refractivity contribution in [3.8, 4) is 0 Å². The summed E-state index contributed by atoms with van der Waals surface area (Å²) in [5.41, 5.74) is 2.95. The molecule has 2 N–H and O–H groups in total. The molecule has 2 aromatic rings. The molecule has 0 fully saturated rings. The quantitative estimate of drug-likeness (QED) is 0.822. The number of aliphatic hydroxyl groups is 1. The molecule has 1 atom stereocenters. The molecular formula is C13H19N3O2. The lowest BCUT2D eigenvalue weighted by molar-refractivity contribution is 0.191. The van der Waals surface area contributed by atoms with Crippen molar-refractivity contribution in [3.63, 3.8) is 0 Å². The highest BCUT2D eigenvalue weighted by molar-refractivity contribution is 5.76. The molecule has 0 saturated carbocycles. The van der Waals surface area contributed by atoms with E-state index < -0.39 is 0 Å². The topological polar surface area (TPSA) is 59.2 Å². The molecule has 0 aliphatic carbocycles. The number of benzene rings is 1. The third-order valence-corrected chi connectivity index (χ3v) is 3.11. The van der Waals surface area contributed by atoms with E-state index >= 15 is 0 Å². The summed E-state index contributed by atoms with van der Waals surface area (Å²) >= 11 is 0. The molecule has 5 heteroatoms. The van der Waals surface area contributed by atoms with Crippen molar-refractivity contribution in [1.29, 1.82) is 0 Å². The third-order valence-electron chi connectivity index (χ3n) is 3.11. The summed E-state index contributed by atoms with van der Waals surface area (Å²) < 4.78 is 3.29. The molecule has 0 aliphatic rings. The zero-order chi connectivity index (χ0) is 13.3. The Kier molecular flexibility index (Phi) is 3.54. The molecular weight excluding hydrogens is 230 g/mol. The van der Waals surface area contributed by atoms with Gasteiger partial charge in [-0.3, -0.25) is 9.13 Å². The summed E-state index contributed by atoms with van der Waals surface area (Å²) in [4.78, 5) is 11.8. The summed E-state index contributed by atoms with van der Waals surface area (Å²) in [5, 5.41) is 12.3. The number of imidazole rings is 1. The van der Waals surface area contributed by atoms with Gasteiger partial charge in [0.1, 0.15) is 0 Å². The van der Waals surface area contributed by atoms with Gasteiger partial charge in [-0.1, -0.05) is 6.07 Å². The highest BCUT2D eigenvalue weighted by Crippen LogP contribution is 2.13. The van der Waals surface area contributed by atoms with Gasteiger partial charge < -0.3 is 10.4 Å². The van der Waals surface area contributed by atoms with Gasteiger partial charge in [0.15, 0.2) is 0 Å². The van der Waals surface area contributed by atoms with Crippen LogP contribution in [-0.4, -0.2) is 26.9 Å². The molecule has 5 nitrogen and oxygen atoms in total. The Morgan fingerprint density at radius 2 is 1.94 bits per heavy atom. The van der Waals surface area contributed by atoms with E-state index in [9.17, 15) is 9.90 Å². The minimum Gasteiger partial charge on any atom is -0.392 e. The van der Waals surface area contributed by atoms with Crippen LogP contribution in [0.25, 0.3) is 11.0 Å². The van der Waals surface area contributed by atoms with E-state index in [4.69, 9.17) is 0 Å². The maximum atomic E-state index is 11.8. The Labute approximate surface area is 106 Å². The SMILES string of the molecule is C[C@@H](O)CNCc1ccc2c(c1)n(C)c(=O)n2C. The molecule has 2 rings (SSSR count). The minimum absolute atomic E-state index is 0.0147. The van der Waals surface area contributed by atoms with Crippen molar-refractivity contribution in [2.45, 2.75) is 19.6 Å². The van der Waals surface area contributed by atoms with Crippen LogP contribution in [0.15, 0.2) is 23.0 Å². The summed E-state index contributed by atoms with van der Waals surface area (Å²) in [6.07, 6.45) is -0.352. The average molecular weight is 249 g/mol. The first-order valence-corrected chi connectivity index (χ1v) is 6.04. The van der Waals surface area contributed by atoms with Crippen LogP contribution in [0, 0.1) is 0 Å². The molecule has 0 spiro atoms. The Hall–Kier alpha value is -1.59. The molecule has 0 radical (unpaired) electrons. The predicted molar refractivity (Wildman–Crippen MR) is 71.5 cm³/mol. The fourth-order valence-corrected chi connectivity index (χ4v) is 2.09. The number of nitrogens with zero attached hydrogens (tertiary/aromatic N) is 2. The van der Waals surface area contributed by atoms with Gasteiger partial charge in [-0.15, -0.1) is 0 Å². The maximum Gasteiger partial charge on any atom is 0.328 e. The van der Waals surface area contributed by atoms with E-state index in [2.05, 4.69) is 5.32 Å². The van der Waals surface area contributed by atoms with Crippen LogP contribution in [0.4, 0.5) is 0 Å². The summed E-state index contributed by atoms with van der Waals surface area (Å²) in [7, 11) is 3.55. The molecule has 98 valence electrons. The van der Waals surface area contributed by atoms with Crippen molar-refractivity contribution >= 4 is 11.0 Å². The molecule has 18 heavy (non-hydrogen) atoms. The smallest absolute Gasteiger partial charge is 0.328 e. The maximum absolute atomic E-state index is 11.8. The zero-order valence-corrected chi connectivity index (χ0v) is 11.0.